The highest BCUT2D eigenvalue weighted by molar-refractivity contribution is 5.72. The predicted octanol–water partition coefficient (Wildman–Crippen LogP) is 3.39. The molecule has 8 heteroatoms. The van der Waals surface area contributed by atoms with Gasteiger partial charge in [-0.2, -0.15) is 0 Å². The number of carboxylic acid groups (broad SMARTS) is 1. The lowest BCUT2D eigenvalue weighted by Crippen LogP contribution is -2.00. The van der Waals surface area contributed by atoms with Crippen molar-refractivity contribution in [3.8, 4) is 11.5 Å². The third kappa shape index (κ3) is 3.42. The Morgan fingerprint density at radius 1 is 1.20 bits per heavy atom. The van der Waals surface area contributed by atoms with E-state index >= 15 is 0 Å². The molecule has 0 saturated heterocycles. The summed E-state index contributed by atoms with van der Waals surface area (Å²) in [6, 6.07) is 10.6. The monoisotopic (exact) mass is 340 g/mol. The molecule has 1 aromatic carbocycles. The van der Waals surface area contributed by atoms with Gasteiger partial charge < -0.3 is 14.6 Å². The number of imidazole rings is 1. The quantitative estimate of drug-likeness (QED) is 0.694. The van der Waals surface area contributed by atoms with E-state index in [1.54, 1.807) is 42.0 Å². The number of hydrogen-bond donors (Lipinski definition) is 1. The van der Waals surface area contributed by atoms with Gasteiger partial charge >= 0.3 is 5.97 Å². The van der Waals surface area contributed by atoms with Crippen LogP contribution in [-0.2, 0) is 11.2 Å². The molecule has 2 aromatic heterocycles. The summed E-state index contributed by atoms with van der Waals surface area (Å²) in [5, 5.41) is 17.5. The molecule has 1 N–H and O–H groups in total. The van der Waals surface area contributed by atoms with Crippen molar-refractivity contribution in [2.24, 2.45) is 10.2 Å². The summed E-state index contributed by atoms with van der Waals surface area (Å²) in [6.07, 6.45) is 1.51. The van der Waals surface area contributed by atoms with Crippen molar-refractivity contribution in [3.05, 3.63) is 48.3 Å². The summed E-state index contributed by atoms with van der Waals surface area (Å²) >= 11 is 0. The molecule has 128 valence electrons. The minimum atomic E-state index is -0.987. The van der Waals surface area contributed by atoms with Crippen molar-refractivity contribution < 1.29 is 19.4 Å². The van der Waals surface area contributed by atoms with Crippen LogP contribution in [0.1, 0.15) is 5.69 Å². The lowest BCUT2D eigenvalue weighted by molar-refractivity contribution is -0.136. The van der Waals surface area contributed by atoms with Gasteiger partial charge in [-0.05, 0) is 24.3 Å². The first-order chi connectivity index (χ1) is 12.1. The van der Waals surface area contributed by atoms with Crippen molar-refractivity contribution in [3.63, 3.8) is 0 Å². The summed E-state index contributed by atoms with van der Waals surface area (Å²) in [5.41, 5.74) is 1.41. The Kier molecular flexibility index (Phi) is 4.60. The van der Waals surface area contributed by atoms with Gasteiger partial charge in [-0.3, -0.25) is 9.20 Å². The van der Waals surface area contributed by atoms with Crippen molar-refractivity contribution in [2.45, 2.75) is 6.42 Å². The van der Waals surface area contributed by atoms with E-state index in [1.165, 1.54) is 7.11 Å². The molecule has 0 radical (unpaired) electrons. The van der Waals surface area contributed by atoms with Gasteiger partial charge in [-0.15, -0.1) is 10.2 Å². The van der Waals surface area contributed by atoms with Gasteiger partial charge in [0, 0.05) is 12.3 Å². The third-order valence-corrected chi connectivity index (χ3v) is 3.53. The molecular formula is C17H16N4O4. The molecule has 0 fully saturated rings. The highest BCUT2D eigenvalue weighted by atomic mass is 16.5. The molecule has 3 aromatic rings. The first-order valence-electron chi connectivity index (χ1n) is 7.44. The Morgan fingerprint density at radius 3 is 2.76 bits per heavy atom. The van der Waals surface area contributed by atoms with Crippen LogP contribution in [-0.4, -0.2) is 34.7 Å². The fourth-order valence-electron chi connectivity index (χ4n) is 2.38. The highest BCUT2D eigenvalue weighted by Gasteiger charge is 2.15. The Labute approximate surface area is 143 Å². The largest absolute Gasteiger partial charge is 0.497 e. The zero-order valence-corrected chi connectivity index (χ0v) is 13.7. The molecule has 3 rings (SSSR count). The third-order valence-electron chi connectivity index (χ3n) is 3.53. The zero-order valence-electron chi connectivity index (χ0n) is 13.7. The molecule has 0 aliphatic rings. The standard InChI is InChI=1S/C17H16N4O4/c1-24-11-6-7-14(25-2)12(9-11)19-20-17-13(10-16(22)23)18-15-5-3-4-8-21(15)17/h3-9H,10H2,1-2H3,(H,22,23). The predicted molar refractivity (Wildman–Crippen MR) is 90.3 cm³/mol. The van der Waals surface area contributed by atoms with Gasteiger partial charge in [-0.25, -0.2) is 4.98 Å². The van der Waals surface area contributed by atoms with Crippen LogP contribution in [0.3, 0.4) is 0 Å². The van der Waals surface area contributed by atoms with Gasteiger partial charge in [0.2, 0.25) is 0 Å². The van der Waals surface area contributed by atoms with Crippen molar-refractivity contribution in [1.29, 1.82) is 0 Å². The van der Waals surface area contributed by atoms with E-state index in [9.17, 15) is 4.79 Å². The van der Waals surface area contributed by atoms with Crippen LogP contribution in [0, 0.1) is 0 Å². The maximum atomic E-state index is 11.1. The fourth-order valence-corrected chi connectivity index (χ4v) is 2.38. The van der Waals surface area contributed by atoms with E-state index in [2.05, 4.69) is 15.2 Å². The second-order valence-electron chi connectivity index (χ2n) is 5.12. The smallest absolute Gasteiger partial charge is 0.309 e. The van der Waals surface area contributed by atoms with Crippen LogP contribution in [0.25, 0.3) is 5.65 Å². The average Bonchev–Trinajstić information content (AvgIpc) is 2.96. The number of aromatic nitrogens is 2. The van der Waals surface area contributed by atoms with E-state index in [0.29, 0.717) is 34.3 Å². The first-order valence-corrected chi connectivity index (χ1v) is 7.44. The molecule has 8 nitrogen and oxygen atoms in total. The van der Waals surface area contributed by atoms with Crippen LogP contribution in [0.2, 0.25) is 0 Å². The maximum Gasteiger partial charge on any atom is 0.309 e. The van der Waals surface area contributed by atoms with E-state index in [4.69, 9.17) is 14.6 Å². The molecule has 2 heterocycles. The molecule has 0 unspecified atom stereocenters. The van der Waals surface area contributed by atoms with Crippen LogP contribution >= 0.6 is 0 Å². The molecule has 25 heavy (non-hydrogen) atoms. The van der Waals surface area contributed by atoms with Gasteiger partial charge in [0.25, 0.3) is 0 Å². The first kappa shape index (κ1) is 16.4. The molecule has 0 bridgehead atoms. The van der Waals surface area contributed by atoms with Crippen LogP contribution in [0.5, 0.6) is 11.5 Å². The normalized spacial score (nSPS) is 11.1. The number of carboxylic acids is 1. The summed E-state index contributed by atoms with van der Waals surface area (Å²) in [7, 11) is 3.09. The Hall–Kier alpha value is -3.42. The number of rotatable bonds is 6. The summed E-state index contributed by atoms with van der Waals surface area (Å²) in [6.45, 7) is 0. The zero-order chi connectivity index (χ0) is 17.8. The Bertz CT molecular complexity index is 949. The van der Waals surface area contributed by atoms with Crippen molar-refractivity contribution in [1.82, 2.24) is 9.38 Å². The summed E-state index contributed by atoms with van der Waals surface area (Å²) in [4.78, 5) is 15.4. The molecule has 0 amide bonds. The molecule has 0 aliphatic carbocycles. The summed E-state index contributed by atoms with van der Waals surface area (Å²) < 4.78 is 12.1. The van der Waals surface area contributed by atoms with Crippen LogP contribution in [0.4, 0.5) is 11.5 Å². The van der Waals surface area contributed by atoms with Gasteiger partial charge in [0.05, 0.1) is 26.3 Å². The highest BCUT2D eigenvalue weighted by Crippen LogP contribution is 2.33. The average molecular weight is 340 g/mol. The fraction of sp³-hybridized carbons (Fsp3) is 0.176. The van der Waals surface area contributed by atoms with Crippen LogP contribution in [0.15, 0.2) is 52.8 Å². The number of hydrogen-bond acceptors (Lipinski definition) is 6. The van der Waals surface area contributed by atoms with Crippen LogP contribution < -0.4 is 9.47 Å². The molecule has 0 aliphatic heterocycles. The molecule has 0 saturated carbocycles. The maximum absolute atomic E-state index is 11.1. The van der Waals surface area contributed by atoms with Gasteiger partial charge in [-0.1, -0.05) is 6.07 Å². The number of methoxy groups -OCH3 is 2. The number of pyridine rings is 1. The number of aliphatic carboxylic acids is 1. The molecular weight excluding hydrogens is 324 g/mol. The number of ether oxygens (including phenoxy) is 2. The van der Waals surface area contributed by atoms with Gasteiger partial charge in [0.15, 0.2) is 5.82 Å². The number of benzene rings is 1. The minimum Gasteiger partial charge on any atom is -0.497 e. The Balaban J connectivity index is 2.08. The summed E-state index contributed by atoms with van der Waals surface area (Å²) in [5.74, 6) is 0.512. The van der Waals surface area contributed by atoms with E-state index in [-0.39, 0.29) is 6.42 Å². The molecule has 0 spiro atoms. The minimum absolute atomic E-state index is 0.245. The van der Waals surface area contributed by atoms with E-state index in [0.717, 1.165) is 0 Å². The number of azo groups is 1. The van der Waals surface area contributed by atoms with E-state index in [1.807, 2.05) is 12.1 Å². The lowest BCUT2D eigenvalue weighted by Gasteiger charge is -2.05. The van der Waals surface area contributed by atoms with Gasteiger partial charge in [0.1, 0.15) is 22.8 Å². The molecule has 0 atom stereocenters. The SMILES string of the molecule is COc1ccc(OC)c(N=Nc2c(CC(=O)O)nc3ccccn23)c1. The number of nitrogens with zero attached hydrogens (tertiary/aromatic N) is 4. The second kappa shape index (κ2) is 7.00. The van der Waals surface area contributed by atoms with E-state index < -0.39 is 5.97 Å². The van der Waals surface area contributed by atoms with Crippen molar-refractivity contribution in [2.75, 3.05) is 14.2 Å². The number of carbonyl (C=O) groups is 1. The van der Waals surface area contributed by atoms with Crippen molar-refractivity contribution >= 4 is 23.1 Å². The Morgan fingerprint density at radius 2 is 2.04 bits per heavy atom. The topological polar surface area (TPSA) is 97.8 Å². The lowest BCUT2D eigenvalue weighted by atomic mass is 10.3. The second-order valence-corrected chi connectivity index (χ2v) is 5.12. The number of fused-ring (bicyclic) bond motifs is 1.